The van der Waals surface area contributed by atoms with Crippen molar-refractivity contribution < 1.29 is 28.3 Å². The highest BCUT2D eigenvalue weighted by Crippen LogP contribution is 2.29. The zero-order valence-corrected chi connectivity index (χ0v) is 16.1. The minimum atomic E-state index is -4.50. The number of carboxylic acid groups (broad SMARTS) is 1. The molecule has 2 N–H and O–H groups in total. The van der Waals surface area contributed by atoms with E-state index in [-0.39, 0.29) is 23.9 Å². The van der Waals surface area contributed by atoms with Gasteiger partial charge in [0.05, 0.1) is 28.4 Å². The molecule has 3 rings (SSSR count). The highest BCUT2D eigenvalue weighted by Gasteiger charge is 2.30. The van der Waals surface area contributed by atoms with Gasteiger partial charge >= 0.3 is 12.1 Å². The molecule has 31 heavy (non-hydrogen) atoms. The number of carboxylic acids is 1. The first-order chi connectivity index (χ1) is 14.7. The number of aryl methyl sites for hydroxylation is 1. The first-order valence-corrected chi connectivity index (χ1v) is 9.33. The third-order valence-electron chi connectivity index (χ3n) is 4.66. The molecule has 162 valence electrons. The molecule has 0 saturated heterocycles. The van der Waals surface area contributed by atoms with Crippen LogP contribution in [0.3, 0.4) is 0 Å². The number of alkyl halides is 3. The molecule has 0 spiro atoms. The van der Waals surface area contributed by atoms with Gasteiger partial charge in [-0.1, -0.05) is 11.2 Å². The van der Waals surface area contributed by atoms with Gasteiger partial charge in [-0.15, -0.1) is 0 Å². The summed E-state index contributed by atoms with van der Waals surface area (Å²) in [7, 11) is 0. The summed E-state index contributed by atoms with van der Waals surface area (Å²) in [4.78, 5) is 28.4. The Labute approximate surface area is 174 Å². The Morgan fingerprint density at radius 3 is 2.45 bits per heavy atom. The molecule has 0 bridgehead atoms. The summed E-state index contributed by atoms with van der Waals surface area (Å²) in [5, 5.41) is 20.7. The summed E-state index contributed by atoms with van der Waals surface area (Å²) in [5.41, 5.74) is -0.245. The largest absolute Gasteiger partial charge is 0.481 e. The molecule has 1 aromatic heterocycles. The van der Waals surface area contributed by atoms with E-state index >= 15 is 0 Å². The van der Waals surface area contributed by atoms with Crippen molar-refractivity contribution in [3.63, 3.8) is 0 Å². The molecule has 0 amide bonds. The number of hydrogen-bond donors (Lipinski definition) is 2. The molecule has 0 radical (unpaired) electrons. The fourth-order valence-electron chi connectivity index (χ4n) is 3.19. The molecule has 0 saturated carbocycles. The van der Waals surface area contributed by atoms with Gasteiger partial charge in [-0.05, 0) is 54.8 Å². The van der Waals surface area contributed by atoms with Crippen molar-refractivity contribution in [1.29, 1.82) is 0 Å². The van der Waals surface area contributed by atoms with E-state index in [4.69, 9.17) is 10.3 Å². The summed E-state index contributed by atoms with van der Waals surface area (Å²) in [6.45, 7) is 0. The number of fused-ring (bicyclic) bond motifs is 1. The lowest BCUT2D eigenvalue weighted by atomic mass is 10.1. The Bertz CT molecular complexity index is 1190. The second-order valence-corrected chi connectivity index (χ2v) is 6.84. The molecule has 3 aromatic rings. The average molecular weight is 433 g/mol. The van der Waals surface area contributed by atoms with Crippen LogP contribution in [0, 0.1) is 0 Å². The minimum Gasteiger partial charge on any atom is -0.481 e. The third kappa shape index (κ3) is 5.08. The molecule has 2 aromatic carbocycles. The summed E-state index contributed by atoms with van der Waals surface area (Å²) in [5.74, 6) is -0.653. The summed E-state index contributed by atoms with van der Waals surface area (Å²) in [6.07, 6.45) is -2.35. The van der Waals surface area contributed by atoms with Gasteiger partial charge in [0.15, 0.2) is 0 Å². The van der Waals surface area contributed by atoms with E-state index < -0.39 is 23.3 Å². The number of hydrogen-bond acceptors (Lipinski definition) is 5. The van der Waals surface area contributed by atoms with Crippen molar-refractivity contribution >= 4 is 23.1 Å². The van der Waals surface area contributed by atoms with Crippen LogP contribution >= 0.6 is 0 Å². The van der Waals surface area contributed by atoms with Crippen molar-refractivity contribution in [2.75, 3.05) is 0 Å². The van der Waals surface area contributed by atoms with E-state index in [0.717, 1.165) is 12.1 Å². The van der Waals surface area contributed by atoms with Gasteiger partial charge in [-0.3, -0.25) is 14.2 Å². The van der Waals surface area contributed by atoms with Gasteiger partial charge in [0.2, 0.25) is 0 Å². The Morgan fingerprint density at radius 1 is 1.13 bits per heavy atom. The molecular formula is C21H18F3N3O4. The zero-order valence-electron chi connectivity index (χ0n) is 16.1. The van der Waals surface area contributed by atoms with E-state index in [0.29, 0.717) is 29.7 Å². The first-order valence-electron chi connectivity index (χ1n) is 9.33. The van der Waals surface area contributed by atoms with Gasteiger partial charge in [-0.2, -0.15) is 13.2 Å². The average Bonchev–Trinajstić information content (AvgIpc) is 2.71. The first kappa shape index (κ1) is 22.0. The molecule has 0 aliphatic carbocycles. The quantitative estimate of drug-likeness (QED) is 0.254. The monoisotopic (exact) mass is 433 g/mol. The number of aromatic nitrogens is 2. The maximum Gasteiger partial charge on any atom is 0.416 e. The second kappa shape index (κ2) is 8.99. The maximum absolute atomic E-state index is 13.2. The standard InChI is InChI=1S/C21H18F3N3O4/c22-21(23,24)14-6-8-15(9-7-14)27-18(3-1-2-4-19(28)29)26-17-11-13(12-25-31)5-10-16(17)20(27)30/h5-12,31H,1-4H2,(H,28,29). The second-order valence-electron chi connectivity index (χ2n) is 6.84. The van der Waals surface area contributed by atoms with Crippen LogP contribution in [-0.4, -0.2) is 32.0 Å². The molecule has 0 fully saturated rings. The van der Waals surface area contributed by atoms with Crippen LogP contribution in [0.25, 0.3) is 16.6 Å². The van der Waals surface area contributed by atoms with Crippen LogP contribution in [0.2, 0.25) is 0 Å². The topological polar surface area (TPSA) is 105 Å². The van der Waals surface area contributed by atoms with E-state index in [1.165, 1.54) is 29.0 Å². The Hall–Kier alpha value is -3.69. The highest BCUT2D eigenvalue weighted by atomic mass is 19.4. The van der Waals surface area contributed by atoms with Crippen molar-refractivity contribution in [2.24, 2.45) is 5.16 Å². The SMILES string of the molecule is O=C(O)CCCCc1nc2cc(C=NO)ccc2c(=O)n1-c1ccc(C(F)(F)F)cc1. The number of benzene rings is 2. The minimum absolute atomic E-state index is 0.0464. The summed E-state index contributed by atoms with van der Waals surface area (Å²) < 4.78 is 39.9. The van der Waals surface area contributed by atoms with Crippen LogP contribution < -0.4 is 5.56 Å². The van der Waals surface area contributed by atoms with E-state index in [1.807, 2.05) is 0 Å². The number of rotatable bonds is 7. The number of oxime groups is 1. The highest BCUT2D eigenvalue weighted by molar-refractivity contribution is 5.88. The number of carbonyl (C=O) groups is 1. The van der Waals surface area contributed by atoms with Crippen LogP contribution in [-0.2, 0) is 17.4 Å². The lowest BCUT2D eigenvalue weighted by molar-refractivity contribution is -0.138. The predicted molar refractivity (Wildman–Crippen MR) is 107 cm³/mol. The fraction of sp³-hybridized carbons (Fsp3) is 0.238. The summed E-state index contributed by atoms with van der Waals surface area (Å²) >= 11 is 0. The van der Waals surface area contributed by atoms with Crippen LogP contribution in [0.5, 0.6) is 0 Å². The van der Waals surface area contributed by atoms with Gasteiger partial charge in [-0.25, -0.2) is 4.98 Å². The third-order valence-corrected chi connectivity index (χ3v) is 4.66. The number of aliphatic carboxylic acids is 1. The van der Waals surface area contributed by atoms with Crippen molar-refractivity contribution in [3.05, 3.63) is 69.8 Å². The number of unbranched alkanes of at least 4 members (excludes halogenated alkanes) is 1. The Balaban J connectivity index is 2.11. The lowest BCUT2D eigenvalue weighted by Gasteiger charge is -2.15. The number of nitrogens with zero attached hydrogens (tertiary/aromatic N) is 3. The number of halogens is 3. The van der Waals surface area contributed by atoms with Gasteiger partial charge in [0.1, 0.15) is 5.82 Å². The van der Waals surface area contributed by atoms with Crippen LogP contribution in [0.4, 0.5) is 13.2 Å². The molecule has 0 aliphatic heterocycles. The van der Waals surface area contributed by atoms with E-state index in [9.17, 15) is 22.8 Å². The van der Waals surface area contributed by atoms with Crippen LogP contribution in [0.1, 0.15) is 36.2 Å². The summed E-state index contributed by atoms with van der Waals surface area (Å²) in [6, 6.07) is 8.78. The van der Waals surface area contributed by atoms with Crippen molar-refractivity contribution in [3.8, 4) is 5.69 Å². The molecular weight excluding hydrogens is 415 g/mol. The maximum atomic E-state index is 13.2. The predicted octanol–water partition coefficient (Wildman–Crippen LogP) is 4.01. The Kier molecular flexibility index (Phi) is 6.38. The molecule has 10 heteroatoms. The zero-order chi connectivity index (χ0) is 22.6. The normalized spacial score (nSPS) is 12.0. The van der Waals surface area contributed by atoms with Gasteiger partial charge in [0, 0.05) is 12.8 Å². The molecule has 0 unspecified atom stereocenters. The molecule has 0 atom stereocenters. The van der Waals surface area contributed by atoms with Crippen molar-refractivity contribution in [2.45, 2.75) is 31.9 Å². The smallest absolute Gasteiger partial charge is 0.416 e. The van der Waals surface area contributed by atoms with Crippen LogP contribution in [0.15, 0.2) is 52.4 Å². The Morgan fingerprint density at radius 2 is 1.84 bits per heavy atom. The van der Waals surface area contributed by atoms with Crippen molar-refractivity contribution in [1.82, 2.24) is 9.55 Å². The van der Waals surface area contributed by atoms with Gasteiger partial charge in [0.25, 0.3) is 5.56 Å². The molecule has 0 aliphatic rings. The van der Waals surface area contributed by atoms with Gasteiger partial charge < -0.3 is 10.3 Å². The molecule has 7 nitrogen and oxygen atoms in total. The molecule has 1 heterocycles. The van der Waals surface area contributed by atoms with E-state index in [1.54, 1.807) is 12.1 Å². The fourth-order valence-corrected chi connectivity index (χ4v) is 3.19. The van der Waals surface area contributed by atoms with E-state index in [2.05, 4.69) is 10.1 Å². The lowest BCUT2D eigenvalue weighted by Crippen LogP contribution is -2.24.